The van der Waals surface area contributed by atoms with Crippen LogP contribution in [0.1, 0.15) is 22.4 Å². The van der Waals surface area contributed by atoms with Gasteiger partial charge >= 0.3 is 0 Å². The number of aryl methyl sites for hydroxylation is 2. The number of ether oxygens (including phenoxy) is 1. The van der Waals surface area contributed by atoms with Gasteiger partial charge in [-0.05, 0) is 43.5 Å². The molecule has 0 unspecified atom stereocenters. The van der Waals surface area contributed by atoms with Crippen LogP contribution in [0.5, 0.6) is 11.6 Å². The maximum absolute atomic E-state index is 8.68. The Morgan fingerprint density at radius 2 is 1.85 bits per heavy atom. The number of hydrogen-bond acceptors (Lipinski definition) is 4. The third-order valence-corrected chi connectivity index (χ3v) is 3.17. The summed E-state index contributed by atoms with van der Waals surface area (Å²) in [5.41, 5.74) is 9.14. The van der Waals surface area contributed by atoms with Gasteiger partial charge in [-0.1, -0.05) is 23.4 Å². The molecule has 0 aliphatic heterocycles. The van der Waals surface area contributed by atoms with Gasteiger partial charge in [0.2, 0.25) is 5.88 Å². The van der Waals surface area contributed by atoms with E-state index in [1.165, 1.54) is 0 Å². The largest absolute Gasteiger partial charge is 0.438 e. The van der Waals surface area contributed by atoms with Crippen molar-refractivity contribution in [2.45, 2.75) is 20.8 Å². The lowest BCUT2D eigenvalue weighted by atomic mass is 10.1. The Hall–Kier alpha value is -2.56. The number of nitrogens with zero attached hydrogens (tertiary/aromatic N) is 2. The Bertz CT molecular complexity index is 666. The number of amidine groups is 1. The summed E-state index contributed by atoms with van der Waals surface area (Å²) in [4.78, 5) is 4.21. The van der Waals surface area contributed by atoms with E-state index in [0.717, 1.165) is 22.4 Å². The maximum Gasteiger partial charge on any atom is 0.219 e. The Morgan fingerprint density at radius 1 is 1.15 bits per heavy atom. The first-order valence-electron chi connectivity index (χ1n) is 6.22. The lowest BCUT2D eigenvalue weighted by Crippen LogP contribution is -2.15. The standard InChI is InChI=1S/C15H17N3O2/c1-9-7-8-10(2)14(11(9)3)20-13-6-4-5-12(17-13)15(16)18-19/h4-8,19H,1-3H3,(H2,16,18). The molecule has 20 heavy (non-hydrogen) atoms. The number of aromatic nitrogens is 1. The summed E-state index contributed by atoms with van der Waals surface area (Å²) in [7, 11) is 0. The highest BCUT2D eigenvalue weighted by molar-refractivity contribution is 5.95. The van der Waals surface area contributed by atoms with Crippen molar-refractivity contribution in [3.05, 3.63) is 52.7 Å². The number of pyridine rings is 1. The summed E-state index contributed by atoms with van der Waals surface area (Å²) in [6, 6.07) is 9.19. The van der Waals surface area contributed by atoms with Gasteiger partial charge in [0.25, 0.3) is 0 Å². The van der Waals surface area contributed by atoms with Crippen LogP contribution in [0.3, 0.4) is 0 Å². The summed E-state index contributed by atoms with van der Waals surface area (Å²) < 4.78 is 5.85. The molecule has 3 N–H and O–H groups in total. The van der Waals surface area contributed by atoms with Gasteiger partial charge in [0.1, 0.15) is 11.4 Å². The summed E-state index contributed by atoms with van der Waals surface area (Å²) in [6.07, 6.45) is 0. The van der Waals surface area contributed by atoms with Crippen LogP contribution < -0.4 is 10.5 Å². The van der Waals surface area contributed by atoms with Gasteiger partial charge < -0.3 is 15.7 Å². The number of benzene rings is 1. The maximum atomic E-state index is 8.68. The third-order valence-electron chi connectivity index (χ3n) is 3.17. The zero-order valence-corrected chi connectivity index (χ0v) is 11.7. The fourth-order valence-corrected chi connectivity index (χ4v) is 1.85. The first-order valence-corrected chi connectivity index (χ1v) is 6.22. The molecule has 0 aliphatic carbocycles. The molecule has 0 saturated heterocycles. The van der Waals surface area contributed by atoms with Crippen molar-refractivity contribution in [1.82, 2.24) is 4.98 Å². The van der Waals surface area contributed by atoms with Gasteiger partial charge in [-0.2, -0.15) is 0 Å². The highest BCUT2D eigenvalue weighted by Gasteiger charge is 2.09. The number of rotatable bonds is 3. The molecule has 0 spiro atoms. The molecule has 0 fully saturated rings. The van der Waals surface area contributed by atoms with E-state index in [2.05, 4.69) is 16.2 Å². The molecule has 5 heteroatoms. The first kappa shape index (κ1) is 13.9. The van der Waals surface area contributed by atoms with E-state index < -0.39 is 0 Å². The van der Waals surface area contributed by atoms with Gasteiger partial charge in [0.15, 0.2) is 5.84 Å². The van der Waals surface area contributed by atoms with Crippen molar-refractivity contribution in [3.63, 3.8) is 0 Å². The van der Waals surface area contributed by atoms with Crippen molar-refractivity contribution < 1.29 is 9.94 Å². The summed E-state index contributed by atoms with van der Waals surface area (Å²) in [5, 5.41) is 11.6. The number of oxime groups is 1. The lowest BCUT2D eigenvalue weighted by molar-refractivity contribution is 0.318. The Balaban J connectivity index is 2.38. The molecule has 1 aromatic heterocycles. The van der Waals surface area contributed by atoms with Crippen LogP contribution >= 0.6 is 0 Å². The van der Waals surface area contributed by atoms with Crippen LogP contribution in [-0.2, 0) is 0 Å². The Kier molecular flexibility index (Phi) is 3.89. The van der Waals surface area contributed by atoms with Gasteiger partial charge in [-0.3, -0.25) is 0 Å². The molecular formula is C15H17N3O2. The van der Waals surface area contributed by atoms with Crippen molar-refractivity contribution >= 4 is 5.84 Å². The highest BCUT2D eigenvalue weighted by atomic mass is 16.5. The fraction of sp³-hybridized carbons (Fsp3) is 0.200. The second kappa shape index (κ2) is 5.61. The van der Waals surface area contributed by atoms with Gasteiger partial charge in [-0.15, -0.1) is 0 Å². The van der Waals surface area contributed by atoms with Crippen LogP contribution in [0.15, 0.2) is 35.5 Å². The normalized spacial score (nSPS) is 11.4. The quantitative estimate of drug-likeness (QED) is 0.389. The molecule has 0 amide bonds. The molecule has 1 heterocycles. The van der Waals surface area contributed by atoms with Crippen LogP contribution in [-0.4, -0.2) is 16.0 Å². The highest BCUT2D eigenvalue weighted by Crippen LogP contribution is 2.29. The van der Waals surface area contributed by atoms with Gasteiger partial charge in [0, 0.05) is 6.07 Å². The molecule has 104 valence electrons. The van der Waals surface area contributed by atoms with Crippen LogP contribution in [0.25, 0.3) is 0 Å². The SMILES string of the molecule is Cc1ccc(C)c(Oc2cccc(C(N)=NO)n2)c1C. The van der Waals surface area contributed by atoms with E-state index in [-0.39, 0.29) is 5.84 Å². The number of nitrogens with two attached hydrogens (primary N) is 1. The van der Waals surface area contributed by atoms with Gasteiger partial charge in [0.05, 0.1) is 0 Å². The summed E-state index contributed by atoms with van der Waals surface area (Å²) in [5.74, 6) is 1.15. The molecule has 0 bridgehead atoms. The van der Waals surface area contributed by atoms with Crippen LogP contribution in [0.4, 0.5) is 0 Å². The second-order valence-electron chi connectivity index (χ2n) is 4.60. The van der Waals surface area contributed by atoms with E-state index in [1.807, 2.05) is 26.8 Å². The van der Waals surface area contributed by atoms with E-state index in [9.17, 15) is 0 Å². The Morgan fingerprint density at radius 3 is 2.55 bits per heavy atom. The zero-order valence-electron chi connectivity index (χ0n) is 11.7. The second-order valence-corrected chi connectivity index (χ2v) is 4.60. The summed E-state index contributed by atoms with van der Waals surface area (Å²) >= 11 is 0. The topological polar surface area (TPSA) is 80.7 Å². The third kappa shape index (κ3) is 2.71. The smallest absolute Gasteiger partial charge is 0.219 e. The predicted molar refractivity (Wildman–Crippen MR) is 77.5 cm³/mol. The van der Waals surface area contributed by atoms with Crippen molar-refractivity contribution in [2.75, 3.05) is 0 Å². The average molecular weight is 271 g/mol. The van der Waals surface area contributed by atoms with E-state index >= 15 is 0 Å². The van der Waals surface area contributed by atoms with E-state index in [1.54, 1.807) is 18.2 Å². The molecule has 1 aromatic carbocycles. The summed E-state index contributed by atoms with van der Waals surface area (Å²) in [6.45, 7) is 6.02. The van der Waals surface area contributed by atoms with Crippen molar-refractivity contribution in [1.29, 1.82) is 0 Å². The molecule has 0 atom stereocenters. The fourth-order valence-electron chi connectivity index (χ4n) is 1.85. The number of hydrogen-bond donors (Lipinski definition) is 2. The Labute approximate surface area is 117 Å². The van der Waals surface area contributed by atoms with Crippen molar-refractivity contribution in [3.8, 4) is 11.6 Å². The zero-order chi connectivity index (χ0) is 14.7. The molecule has 5 nitrogen and oxygen atoms in total. The van der Waals surface area contributed by atoms with E-state index in [4.69, 9.17) is 15.7 Å². The molecule has 0 radical (unpaired) electrons. The minimum atomic E-state index is -0.0480. The van der Waals surface area contributed by atoms with Gasteiger partial charge in [-0.25, -0.2) is 4.98 Å². The average Bonchev–Trinajstić information content (AvgIpc) is 2.47. The monoisotopic (exact) mass is 271 g/mol. The minimum Gasteiger partial charge on any atom is -0.438 e. The molecule has 0 aliphatic rings. The molecule has 0 saturated carbocycles. The minimum absolute atomic E-state index is 0.0480. The van der Waals surface area contributed by atoms with Crippen LogP contribution in [0, 0.1) is 20.8 Å². The molecule has 2 rings (SSSR count). The lowest BCUT2D eigenvalue weighted by Gasteiger charge is -2.13. The van der Waals surface area contributed by atoms with Crippen molar-refractivity contribution in [2.24, 2.45) is 10.9 Å². The van der Waals surface area contributed by atoms with Crippen LogP contribution in [0.2, 0.25) is 0 Å². The van der Waals surface area contributed by atoms with E-state index in [0.29, 0.717) is 11.6 Å². The predicted octanol–water partition coefficient (Wildman–Crippen LogP) is 2.89. The molecule has 2 aromatic rings. The molecular weight excluding hydrogens is 254 g/mol. The first-order chi connectivity index (χ1) is 9.52.